The van der Waals surface area contributed by atoms with Crippen LogP contribution >= 0.6 is 11.8 Å². The molecule has 1 N–H and O–H groups in total. The lowest BCUT2D eigenvalue weighted by molar-refractivity contribution is -0.137. The summed E-state index contributed by atoms with van der Waals surface area (Å²) in [6.07, 6.45) is 3.17. The quantitative estimate of drug-likeness (QED) is 0.852. The van der Waals surface area contributed by atoms with Crippen LogP contribution < -0.4 is 0 Å². The highest BCUT2D eigenvalue weighted by atomic mass is 32.2. The maximum atomic E-state index is 11.1. The molecule has 0 radical (unpaired) electrons. The first-order valence-electron chi connectivity index (χ1n) is 5.55. The van der Waals surface area contributed by atoms with Crippen LogP contribution in [-0.2, 0) is 4.79 Å². The maximum absolute atomic E-state index is 11.1. The Morgan fingerprint density at radius 1 is 1.28 bits per heavy atom. The van der Waals surface area contributed by atoms with Crippen molar-refractivity contribution in [3.63, 3.8) is 0 Å². The van der Waals surface area contributed by atoms with E-state index in [1.165, 1.54) is 11.8 Å². The normalized spacial score (nSPS) is 12.8. The van der Waals surface area contributed by atoms with Crippen LogP contribution in [0.25, 0.3) is 11.2 Å². The summed E-state index contributed by atoms with van der Waals surface area (Å²) in [7, 11) is 0. The summed E-state index contributed by atoms with van der Waals surface area (Å²) in [5.41, 5.74) is 1.24. The van der Waals surface area contributed by atoms with Gasteiger partial charge in [0.15, 0.2) is 5.65 Å². The number of hydrogen-bond acceptors (Lipinski definition) is 5. The molecule has 0 aliphatic heterocycles. The fraction of sp³-hybridized carbons (Fsp3) is 0.333. The van der Waals surface area contributed by atoms with Crippen molar-refractivity contribution in [2.75, 3.05) is 0 Å². The van der Waals surface area contributed by atoms with E-state index in [9.17, 15) is 4.79 Å². The third-order valence-electron chi connectivity index (χ3n) is 2.40. The van der Waals surface area contributed by atoms with Gasteiger partial charge in [0.2, 0.25) is 0 Å². The molecule has 0 aliphatic carbocycles. The molecule has 0 saturated carbocycles. The van der Waals surface area contributed by atoms with Gasteiger partial charge in [0.25, 0.3) is 0 Å². The smallest absolute Gasteiger partial charge is 0.317 e. The molecule has 1 atom stereocenters. The molecule has 2 heterocycles. The van der Waals surface area contributed by atoms with Crippen LogP contribution in [0.15, 0.2) is 29.6 Å². The van der Waals surface area contributed by atoms with E-state index in [0.29, 0.717) is 16.2 Å². The van der Waals surface area contributed by atoms with Crippen molar-refractivity contribution < 1.29 is 9.90 Å². The Labute approximate surface area is 109 Å². The Morgan fingerprint density at radius 3 is 2.67 bits per heavy atom. The van der Waals surface area contributed by atoms with Crippen LogP contribution in [0, 0.1) is 5.92 Å². The average Bonchev–Trinajstić information content (AvgIpc) is 2.35. The van der Waals surface area contributed by atoms with E-state index in [-0.39, 0.29) is 5.92 Å². The molecular formula is C12H13N3O2S. The topological polar surface area (TPSA) is 76.0 Å². The van der Waals surface area contributed by atoms with E-state index >= 15 is 0 Å². The van der Waals surface area contributed by atoms with E-state index in [1.807, 2.05) is 13.8 Å². The van der Waals surface area contributed by atoms with Crippen LogP contribution in [0.5, 0.6) is 0 Å². The molecule has 1 unspecified atom stereocenters. The molecule has 94 valence electrons. The van der Waals surface area contributed by atoms with Gasteiger partial charge in [-0.25, -0.2) is 9.97 Å². The molecule has 0 saturated heterocycles. The van der Waals surface area contributed by atoms with Crippen LogP contribution in [-0.4, -0.2) is 31.3 Å². The number of carboxylic acids is 1. The number of fused-ring (bicyclic) bond motifs is 1. The second-order valence-electron chi connectivity index (χ2n) is 4.17. The molecule has 0 aromatic carbocycles. The van der Waals surface area contributed by atoms with Gasteiger partial charge >= 0.3 is 5.97 Å². The molecule has 2 rings (SSSR count). The summed E-state index contributed by atoms with van der Waals surface area (Å²) in [4.78, 5) is 23.7. The van der Waals surface area contributed by atoms with E-state index in [4.69, 9.17) is 5.11 Å². The number of carbonyl (C=O) groups is 1. The molecule has 0 aliphatic rings. The molecule has 0 bridgehead atoms. The number of carboxylic acid groups (broad SMARTS) is 1. The van der Waals surface area contributed by atoms with Gasteiger partial charge in [-0.05, 0) is 18.1 Å². The number of thioether (sulfide) groups is 1. The molecule has 0 spiro atoms. The fourth-order valence-electron chi connectivity index (χ4n) is 1.50. The summed E-state index contributed by atoms with van der Waals surface area (Å²) >= 11 is 1.24. The first kappa shape index (κ1) is 12.8. The van der Waals surface area contributed by atoms with Crippen molar-refractivity contribution in [3.8, 4) is 0 Å². The lowest BCUT2D eigenvalue weighted by Crippen LogP contribution is -2.22. The van der Waals surface area contributed by atoms with Crippen molar-refractivity contribution in [2.24, 2.45) is 5.92 Å². The molecule has 6 heteroatoms. The highest BCUT2D eigenvalue weighted by molar-refractivity contribution is 8.00. The van der Waals surface area contributed by atoms with Gasteiger partial charge in [-0.1, -0.05) is 25.6 Å². The van der Waals surface area contributed by atoms with Crippen molar-refractivity contribution in [3.05, 3.63) is 24.5 Å². The van der Waals surface area contributed by atoms with Crippen molar-refractivity contribution in [1.29, 1.82) is 0 Å². The van der Waals surface area contributed by atoms with Crippen LogP contribution in [0.2, 0.25) is 0 Å². The number of pyridine rings is 1. The number of aromatic nitrogens is 3. The van der Waals surface area contributed by atoms with E-state index in [0.717, 1.165) is 0 Å². The van der Waals surface area contributed by atoms with E-state index in [2.05, 4.69) is 15.0 Å². The minimum atomic E-state index is -0.823. The van der Waals surface area contributed by atoms with Gasteiger partial charge in [-0.2, -0.15) is 0 Å². The van der Waals surface area contributed by atoms with Crippen molar-refractivity contribution in [1.82, 2.24) is 15.0 Å². The second kappa shape index (κ2) is 5.30. The van der Waals surface area contributed by atoms with Gasteiger partial charge in [0, 0.05) is 12.4 Å². The van der Waals surface area contributed by atoms with Gasteiger partial charge in [-0.15, -0.1) is 0 Å². The van der Waals surface area contributed by atoms with Gasteiger partial charge < -0.3 is 5.11 Å². The molecule has 2 aromatic heterocycles. The molecule has 0 fully saturated rings. The monoisotopic (exact) mass is 263 g/mol. The molecule has 2 aromatic rings. The van der Waals surface area contributed by atoms with E-state index < -0.39 is 11.2 Å². The third kappa shape index (κ3) is 2.76. The Balaban J connectivity index is 2.28. The Bertz CT molecular complexity index is 574. The molecule has 0 amide bonds. The summed E-state index contributed by atoms with van der Waals surface area (Å²) in [6, 6.07) is 3.58. The summed E-state index contributed by atoms with van der Waals surface area (Å²) in [5, 5.41) is 9.29. The summed E-state index contributed by atoms with van der Waals surface area (Å²) in [6.45, 7) is 3.76. The second-order valence-corrected chi connectivity index (χ2v) is 5.33. The Morgan fingerprint density at radius 2 is 2.00 bits per heavy atom. The standard InChI is InChI=1S/C12H13N3O2S/c1-7(2)10(12(16)17)18-9-4-3-8-11(15-9)14-6-5-13-8/h3-7,10H,1-2H3,(H,16,17). The predicted molar refractivity (Wildman–Crippen MR) is 69.5 cm³/mol. The number of aliphatic carboxylic acids is 1. The fourth-order valence-corrected chi connectivity index (χ4v) is 2.42. The zero-order chi connectivity index (χ0) is 13.1. The first-order chi connectivity index (χ1) is 8.58. The Hall–Kier alpha value is -1.69. The minimum Gasteiger partial charge on any atom is -0.480 e. The lowest BCUT2D eigenvalue weighted by Gasteiger charge is -2.14. The summed E-state index contributed by atoms with van der Waals surface area (Å²) in [5.74, 6) is -0.789. The minimum absolute atomic E-state index is 0.0341. The largest absolute Gasteiger partial charge is 0.480 e. The SMILES string of the molecule is CC(C)C(Sc1ccc2nccnc2n1)C(=O)O. The maximum Gasteiger partial charge on any atom is 0.317 e. The van der Waals surface area contributed by atoms with Crippen molar-refractivity contribution >= 4 is 28.9 Å². The number of nitrogens with zero attached hydrogens (tertiary/aromatic N) is 3. The number of hydrogen-bond donors (Lipinski definition) is 1. The zero-order valence-electron chi connectivity index (χ0n) is 10.1. The highest BCUT2D eigenvalue weighted by Gasteiger charge is 2.23. The van der Waals surface area contributed by atoms with Crippen LogP contribution in [0.1, 0.15) is 13.8 Å². The van der Waals surface area contributed by atoms with Crippen LogP contribution in [0.3, 0.4) is 0 Å². The van der Waals surface area contributed by atoms with Crippen LogP contribution in [0.4, 0.5) is 0 Å². The average molecular weight is 263 g/mol. The van der Waals surface area contributed by atoms with Gasteiger partial charge in [-0.3, -0.25) is 9.78 Å². The molecular weight excluding hydrogens is 250 g/mol. The van der Waals surface area contributed by atoms with Crippen molar-refractivity contribution in [2.45, 2.75) is 24.1 Å². The highest BCUT2D eigenvalue weighted by Crippen LogP contribution is 2.27. The lowest BCUT2D eigenvalue weighted by atomic mass is 10.1. The van der Waals surface area contributed by atoms with Gasteiger partial charge in [0.1, 0.15) is 10.8 Å². The third-order valence-corrected chi connectivity index (χ3v) is 3.87. The first-order valence-corrected chi connectivity index (χ1v) is 6.43. The van der Waals surface area contributed by atoms with E-state index in [1.54, 1.807) is 24.5 Å². The molecule has 5 nitrogen and oxygen atoms in total. The zero-order valence-corrected chi connectivity index (χ0v) is 10.9. The summed E-state index contributed by atoms with van der Waals surface area (Å²) < 4.78 is 0. The molecule has 18 heavy (non-hydrogen) atoms. The predicted octanol–water partition coefficient (Wildman–Crippen LogP) is 2.23. The number of rotatable bonds is 4. The Kier molecular flexibility index (Phi) is 3.76. The van der Waals surface area contributed by atoms with Gasteiger partial charge in [0.05, 0.1) is 5.03 Å².